The van der Waals surface area contributed by atoms with Crippen LogP contribution in [0.5, 0.6) is 0 Å². The van der Waals surface area contributed by atoms with E-state index in [2.05, 4.69) is 5.32 Å². The molecule has 4 N–H and O–H groups in total. The molecule has 7 heteroatoms. The van der Waals surface area contributed by atoms with Crippen LogP contribution in [-0.2, 0) is 25.5 Å². The summed E-state index contributed by atoms with van der Waals surface area (Å²) in [7, 11) is 0. The van der Waals surface area contributed by atoms with E-state index in [1.807, 2.05) is 30.3 Å². The van der Waals surface area contributed by atoms with Crippen LogP contribution in [0.1, 0.15) is 25.3 Å². The van der Waals surface area contributed by atoms with Crippen LogP contribution in [-0.4, -0.2) is 41.6 Å². The lowest BCUT2D eigenvalue weighted by molar-refractivity contribution is -0.148. The van der Waals surface area contributed by atoms with E-state index in [0.29, 0.717) is 6.42 Å². The summed E-state index contributed by atoms with van der Waals surface area (Å²) >= 11 is 0. The molecule has 1 aromatic rings. The lowest BCUT2D eigenvalue weighted by atomic mass is 10.1. The highest BCUT2D eigenvalue weighted by atomic mass is 16.5. The molecule has 0 fully saturated rings. The van der Waals surface area contributed by atoms with Gasteiger partial charge in [-0.05, 0) is 25.3 Å². The Morgan fingerprint density at radius 3 is 2.48 bits per heavy atom. The molecule has 0 aliphatic carbocycles. The highest BCUT2D eigenvalue weighted by molar-refractivity contribution is 5.87. The molecule has 0 spiro atoms. The van der Waals surface area contributed by atoms with E-state index in [4.69, 9.17) is 15.6 Å². The number of ether oxygens (including phenoxy) is 1. The SMILES string of the molecule is CCOC(=O)[C@H](CCC(=O)O)NC(=O)[C@@H](N)Cc1ccccc1. The Morgan fingerprint density at radius 2 is 1.91 bits per heavy atom. The van der Waals surface area contributed by atoms with Crippen molar-refractivity contribution in [2.45, 2.75) is 38.3 Å². The number of aliphatic carboxylic acids is 1. The van der Waals surface area contributed by atoms with Crippen molar-refractivity contribution in [3.8, 4) is 0 Å². The van der Waals surface area contributed by atoms with E-state index >= 15 is 0 Å². The van der Waals surface area contributed by atoms with Gasteiger partial charge < -0.3 is 20.9 Å². The highest BCUT2D eigenvalue weighted by Gasteiger charge is 2.25. The normalized spacial score (nSPS) is 13.0. The van der Waals surface area contributed by atoms with Crippen molar-refractivity contribution in [2.75, 3.05) is 6.61 Å². The van der Waals surface area contributed by atoms with Crippen molar-refractivity contribution in [3.63, 3.8) is 0 Å². The smallest absolute Gasteiger partial charge is 0.328 e. The van der Waals surface area contributed by atoms with Gasteiger partial charge in [0.1, 0.15) is 6.04 Å². The predicted molar refractivity (Wildman–Crippen MR) is 83.6 cm³/mol. The Morgan fingerprint density at radius 1 is 1.26 bits per heavy atom. The Hall–Kier alpha value is -2.41. The monoisotopic (exact) mass is 322 g/mol. The molecule has 0 heterocycles. The minimum absolute atomic E-state index is 0.0437. The molecule has 126 valence electrons. The summed E-state index contributed by atoms with van der Waals surface area (Å²) < 4.78 is 4.85. The van der Waals surface area contributed by atoms with Crippen molar-refractivity contribution >= 4 is 17.8 Å². The van der Waals surface area contributed by atoms with Gasteiger partial charge in [0, 0.05) is 6.42 Å². The molecule has 0 radical (unpaired) electrons. The zero-order valence-electron chi connectivity index (χ0n) is 13.0. The van der Waals surface area contributed by atoms with Crippen LogP contribution in [0.25, 0.3) is 0 Å². The number of esters is 1. The third kappa shape index (κ3) is 6.92. The molecule has 1 amide bonds. The number of rotatable bonds is 9. The minimum Gasteiger partial charge on any atom is -0.481 e. The number of carboxylic acids is 1. The maximum Gasteiger partial charge on any atom is 0.328 e. The molecule has 1 aromatic carbocycles. The molecule has 23 heavy (non-hydrogen) atoms. The fraction of sp³-hybridized carbons (Fsp3) is 0.438. The molecular formula is C16H22N2O5. The lowest BCUT2D eigenvalue weighted by Gasteiger charge is -2.19. The predicted octanol–water partition coefficient (Wildman–Crippen LogP) is 0.469. The van der Waals surface area contributed by atoms with Crippen LogP contribution in [0.4, 0.5) is 0 Å². The number of carboxylic acid groups (broad SMARTS) is 1. The fourth-order valence-electron chi connectivity index (χ4n) is 2.00. The third-order valence-electron chi connectivity index (χ3n) is 3.17. The van der Waals surface area contributed by atoms with E-state index in [1.54, 1.807) is 6.92 Å². The van der Waals surface area contributed by atoms with Crippen LogP contribution in [0.2, 0.25) is 0 Å². The maximum absolute atomic E-state index is 12.1. The van der Waals surface area contributed by atoms with Gasteiger partial charge in [-0.15, -0.1) is 0 Å². The molecule has 0 aliphatic rings. The Kier molecular flexibility index (Phi) is 7.76. The molecule has 0 bridgehead atoms. The first-order valence-electron chi connectivity index (χ1n) is 7.42. The van der Waals surface area contributed by atoms with Gasteiger partial charge in [-0.2, -0.15) is 0 Å². The van der Waals surface area contributed by atoms with Gasteiger partial charge in [0.25, 0.3) is 0 Å². The number of amides is 1. The van der Waals surface area contributed by atoms with Gasteiger partial charge in [-0.3, -0.25) is 9.59 Å². The molecule has 0 aromatic heterocycles. The van der Waals surface area contributed by atoms with Gasteiger partial charge in [0.2, 0.25) is 5.91 Å². The summed E-state index contributed by atoms with van der Waals surface area (Å²) in [5.41, 5.74) is 6.74. The largest absolute Gasteiger partial charge is 0.481 e. The summed E-state index contributed by atoms with van der Waals surface area (Å²) in [6.07, 6.45) is 0.0246. The van der Waals surface area contributed by atoms with Gasteiger partial charge in [0.15, 0.2) is 0 Å². The molecule has 7 nitrogen and oxygen atoms in total. The zero-order valence-corrected chi connectivity index (χ0v) is 13.0. The number of carbonyl (C=O) groups excluding carboxylic acids is 2. The first kappa shape index (κ1) is 18.6. The number of carbonyl (C=O) groups is 3. The van der Waals surface area contributed by atoms with E-state index < -0.39 is 29.9 Å². The Balaban J connectivity index is 2.63. The van der Waals surface area contributed by atoms with Crippen LogP contribution in [0.15, 0.2) is 30.3 Å². The molecule has 0 aliphatic heterocycles. The van der Waals surface area contributed by atoms with Crippen molar-refractivity contribution in [1.29, 1.82) is 0 Å². The number of nitrogens with two attached hydrogens (primary N) is 1. The number of hydrogen-bond acceptors (Lipinski definition) is 5. The highest BCUT2D eigenvalue weighted by Crippen LogP contribution is 2.05. The average molecular weight is 322 g/mol. The summed E-state index contributed by atoms with van der Waals surface area (Å²) in [5.74, 6) is -2.23. The van der Waals surface area contributed by atoms with Gasteiger partial charge in [-0.25, -0.2) is 4.79 Å². The standard InChI is InChI=1S/C16H22N2O5/c1-2-23-16(22)13(8-9-14(19)20)18-15(21)12(17)10-11-6-4-3-5-7-11/h3-7,12-13H,2,8-10,17H2,1H3,(H,18,21)(H,19,20)/t12-,13-/m0/s1. The van der Waals surface area contributed by atoms with Crippen LogP contribution < -0.4 is 11.1 Å². The Bertz CT molecular complexity index is 533. The zero-order chi connectivity index (χ0) is 17.2. The topological polar surface area (TPSA) is 119 Å². The quantitative estimate of drug-likeness (QED) is 0.569. The molecular weight excluding hydrogens is 300 g/mol. The number of benzene rings is 1. The molecule has 2 atom stereocenters. The minimum atomic E-state index is -1.05. The average Bonchev–Trinajstić information content (AvgIpc) is 2.52. The second kappa shape index (κ2) is 9.58. The van der Waals surface area contributed by atoms with E-state index in [0.717, 1.165) is 5.56 Å². The van der Waals surface area contributed by atoms with Crippen LogP contribution in [0.3, 0.4) is 0 Å². The second-order valence-electron chi connectivity index (χ2n) is 5.04. The van der Waals surface area contributed by atoms with Crippen LogP contribution in [0, 0.1) is 0 Å². The fourth-order valence-corrected chi connectivity index (χ4v) is 2.00. The summed E-state index contributed by atoms with van der Waals surface area (Å²) in [6.45, 7) is 1.78. The first-order valence-corrected chi connectivity index (χ1v) is 7.42. The third-order valence-corrected chi connectivity index (χ3v) is 3.17. The Labute approximate surface area is 134 Å². The van der Waals surface area contributed by atoms with Gasteiger partial charge >= 0.3 is 11.9 Å². The van der Waals surface area contributed by atoms with Crippen molar-refractivity contribution < 1.29 is 24.2 Å². The molecule has 0 unspecified atom stereocenters. The molecule has 0 saturated carbocycles. The van der Waals surface area contributed by atoms with Crippen LogP contribution >= 0.6 is 0 Å². The van der Waals surface area contributed by atoms with Crippen molar-refractivity contribution in [3.05, 3.63) is 35.9 Å². The summed E-state index contributed by atoms with van der Waals surface area (Å²) in [5, 5.41) is 11.2. The first-order chi connectivity index (χ1) is 10.9. The van der Waals surface area contributed by atoms with Gasteiger partial charge in [-0.1, -0.05) is 30.3 Å². The summed E-state index contributed by atoms with van der Waals surface area (Å²) in [6, 6.07) is 7.39. The van der Waals surface area contributed by atoms with Gasteiger partial charge in [0.05, 0.1) is 12.6 Å². The maximum atomic E-state index is 12.1. The molecule has 0 saturated heterocycles. The van der Waals surface area contributed by atoms with Crippen molar-refractivity contribution in [1.82, 2.24) is 5.32 Å². The van der Waals surface area contributed by atoms with E-state index in [1.165, 1.54) is 0 Å². The number of hydrogen-bond donors (Lipinski definition) is 3. The van der Waals surface area contributed by atoms with E-state index in [-0.39, 0.29) is 19.4 Å². The van der Waals surface area contributed by atoms with Crippen molar-refractivity contribution in [2.24, 2.45) is 5.73 Å². The summed E-state index contributed by atoms with van der Waals surface area (Å²) in [4.78, 5) is 34.6. The lowest BCUT2D eigenvalue weighted by Crippen LogP contribution is -2.49. The number of nitrogens with one attached hydrogen (secondary N) is 1. The second-order valence-corrected chi connectivity index (χ2v) is 5.04. The molecule has 1 rings (SSSR count). The van der Waals surface area contributed by atoms with E-state index in [9.17, 15) is 14.4 Å².